The van der Waals surface area contributed by atoms with E-state index in [0.29, 0.717) is 35.4 Å². The molecule has 1 fully saturated rings. The van der Waals surface area contributed by atoms with E-state index in [2.05, 4.69) is 16.8 Å². The molecular weight excluding hydrogens is 375 g/mol. The number of anilines is 1. The Balaban J connectivity index is 1.96. The van der Waals surface area contributed by atoms with Crippen LogP contribution in [0.4, 0.5) is 18.3 Å². The molecule has 0 spiro atoms. The molecule has 1 atom stereocenters. The highest BCUT2D eigenvalue weighted by Crippen LogP contribution is 2.40. The van der Waals surface area contributed by atoms with Gasteiger partial charge in [0.05, 0.1) is 17.9 Å². The monoisotopic (exact) mass is 399 g/mol. The minimum absolute atomic E-state index is 0.147. The average molecular weight is 399 g/mol. The molecule has 1 aliphatic heterocycles. The highest BCUT2D eigenvalue weighted by atomic mass is 32.1. The van der Waals surface area contributed by atoms with Crippen LogP contribution in [0, 0.1) is 0 Å². The van der Waals surface area contributed by atoms with Gasteiger partial charge in [-0.05, 0) is 50.9 Å². The van der Waals surface area contributed by atoms with Crippen LogP contribution < -0.4 is 10.5 Å². The summed E-state index contributed by atoms with van der Waals surface area (Å²) in [6.07, 6.45) is -1.60. The van der Waals surface area contributed by atoms with E-state index in [0.717, 1.165) is 30.3 Å². The minimum Gasteiger partial charge on any atom is -0.493 e. The largest absolute Gasteiger partial charge is 0.493 e. The lowest BCUT2D eigenvalue weighted by atomic mass is 10.1. The van der Waals surface area contributed by atoms with Gasteiger partial charge in [0, 0.05) is 23.0 Å². The second kappa shape index (κ2) is 8.06. The van der Waals surface area contributed by atoms with Gasteiger partial charge < -0.3 is 10.5 Å². The molecule has 2 heterocycles. The van der Waals surface area contributed by atoms with Crippen LogP contribution in [0.3, 0.4) is 0 Å². The number of thiazole rings is 1. The molecule has 0 saturated carbocycles. The van der Waals surface area contributed by atoms with Gasteiger partial charge in [0.15, 0.2) is 5.13 Å². The molecule has 1 unspecified atom stereocenters. The molecule has 27 heavy (non-hydrogen) atoms. The van der Waals surface area contributed by atoms with Crippen LogP contribution in [-0.4, -0.2) is 29.1 Å². The van der Waals surface area contributed by atoms with E-state index in [1.165, 1.54) is 17.4 Å². The van der Waals surface area contributed by atoms with Gasteiger partial charge in [-0.3, -0.25) is 4.90 Å². The molecule has 1 aliphatic rings. The Bertz CT molecular complexity index is 791. The second-order valence-corrected chi connectivity index (χ2v) is 7.96. The van der Waals surface area contributed by atoms with Crippen LogP contribution in [0.25, 0.3) is 11.3 Å². The second-order valence-electron chi connectivity index (χ2n) is 6.84. The predicted molar refractivity (Wildman–Crippen MR) is 102 cm³/mol. The average Bonchev–Trinajstić information content (AvgIpc) is 3.18. The summed E-state index contributed by atoms with van der Waals surface area (Å²) in [7, 11) is 0. The number of hydrogen-bond acceptors (Lipinski definition) is 5. The number of aromatic nitrogens is 1. The molecule has 1 aromatic heterocycles. The Morgan fingerprint density at radius 3 is 2.78 bits per heavy atom. The highest BCUT2D eigenvalue weighted by molar-refractivity contribution is 7.15. The van der Waals surface area contributed by atoms with Gasteiger partial charge in [0.25, 0.3) is 0 Å². The number of halogens is 3. The van der Waals surface area contributed by atoms with Crippen molar-refractivity contribution >= 4 is 16.5 Å². The van der Waals surface area contributed by atoms with Gasteiger partial charge in [-0.25, -0.2) is 4.98 Å². The number of hydrogen-bond donors (Lipinski definition) is 1. The zero-order valence-electron chi connectivity index (χ0n) is 15.5. The summed E-state index contributed by atoms with van der Waals surface area (Å²) in [4.78, 5) is 7.54. The van der Waals surface area contributed by atoms with Crippen molar-refractivity contribution in [2.75, 3.05) is 18.9 Å². The van der Waals surface area contributed by atoms with E-state index in [-0.39, 0.29) is 12.4 Å². The smallest absolute Gasteiger partial charge is 0.419 e. The van der Waals surface area contributed by atoms with Crippen molar-refractivity contribution in [2.24, 2.45) is 0 Å². The van der Waals surface area contributed by atoms with Crippen LogP contribution in [0.15, 0.2) is 18.2 Å². The molecule has 4 nitrogen and oxygen atoms in total. The zero-order chi connectivity index (χ0) is 19.6. The highest BCUT2D eigenvalue weighted by Gasteiger charge is 2.35. The van der Waals surface area contributed by atoms with Crippen LogP contribution in [0.5, 0.6) is 5.75 Å². The number of rotatable bonds is 6. The maximum atomic E-state index is 13.5. The first-order valence-electron chi connectivity index (χ1n) is 9.13. The van der Waals surface area contributed by atoms with E-state index < -0.39 is 11.7 Å². The molecule has 0 radical (unpaired) electrons. The maximum absolute atomic E-state index is 13.5. The standard InChI is InChI=1S/C19H24F3N3OS/c1-3-9-26-15-7-6-13(10-14(15)19(20,21)22)17-16(27-18(23)24-17)11-25-8-4-5-12(25)2/h6-7,10,12H,3-5,8-9,11H2,1-2H3,(H2,23,24). The molecule has 0 bridgehead atoms. The Labute approximate surface area is 161 Å². The Kier molecular flexibility index (Phi) is 5.95. The van der Waals surface area contributed by atoms with Crippen molar-refractivity contribution < 1.29 is 17.9 Å². The molecule has 3 rings (SSSR count). The minimum atomic E-state index is -4.50. The number of likely N-dealkylation sites (tertiary alicyclic amines) is 1. The van der Waals surface area contributed by atoms with Gasteiger partial charge in [0.2, 0.25) is 0 Å². The van der Waals surface area contributed by atoms with Crippen LogP contribution >= 0.6 is 11.3 Å². The first-order chi connectivity index (χ1) is 12.8. The van der Waals surface area contributed by atoms with Gasteiger partial charge in [-0.1, -0.05) is 6.92 Å². The van der Waals surface area contributed by atoms with Crippen molar-refractivity contribution in [2.45, 2.75) is 51.9 Å². The van der Waals surface area contributed by atoms with Crippen molar-refractivity contribution in [3.05, 3.63) is 28.6 Å². The van der Waals surface area contributed by atoms with Crippen molar-refractivity contribution in [3.8, 4) is 17.0 Å². The van der Waals surface area contributed by atoms with Crippen molar-refractivity contribution in [1.82, 2.24) is 9.88 Å². The van der Waals surface area contributed by atoms with Gasteiger partial charge in [0.1, 0.15) is 5.75 Å². The first kappa shape index (κ1) is 19.9. The van der Waals surface area contributed by atoms with E-state index >= 15 is 0 Å². The zero-order valence-corrected chi connectivity index (χ0v) is 16.3. The summed E-state index contributed by atoms with van der Waals surface area (Å²) in [5.41, 5.74) is 6.06. The fourth-order valence-electron chi connectivity index (χ4n) is 3.35. The third kappa shape index (κ3) is 4.55. The lowest BCUT2D eigenvalue weighted by Crippen LogP contribution is -2.25. The molecular formula is C19H24F3N3OS. The molecule has 0 aliphatic carbocycles. The van der Waals surface area contributed by atoms with E-state index in [1.54, 1.807) is 6.07 Å². The number of nitrogens with two attached hydrogens (primary N) is 1. The Morgan fingerprint density at radius 2 is 2.15 bits per heavy atom. The normalized spacial score (nSPS) is 18.2. The number of nitrogen functional groups attached to an aromatic ring is 1. The molecule has 1 aromatic carbocycles. The van der Waals surface area contributed by atoms with E-state index in [9.17, 15) is 13.2 Å². The molecule has 0 amide bonds. The summed E-state index contributed by atoms with van der Waals surface area (Å²) >= 11 is 1.34. The summed E-state index contributed by atoms with van der Waals surface area (Å²) in [6.45, 7) is 5.89. The fourth-order valence-corrected chi connectivity index (χ4v) is 4.23. The van der Waals surface area contributed by atoms with Crippen molar-refractivity contribution in [3.63, 3.8) is 0 Å². The summed E-state index contributed by atoms with van der Waals surface area (Å²) in [5.74, 6) is -0.147. The summed E-state index contributed by atoms with van der Waals surface area (Å²) < 4.78 is 45.9. The van der Waals surface area contributed by atoms with E-state index in [4.69, 9.17) is 10.5 Å². The number of benzene rings is 1. The van der Waals surface area contributed by atoms with Gasteiger partial charge >= 0.3 is 6.18 Å². The third-order valence-electron chi connectivity index (χ3n) is 4.77. The van der Waals surface area contributed by atoms with Crippen LogP contribution in [0.1, 0.15) is 43.6 Å². The third-order valence-corrected chi connectivity index (χ3v) is 5.64. The van der Waals surface area contributed by atoms with Crippen LogP contribution in [0.2, 0.25) is 0 Å². The lowest BCUT2D eigenvalue weighted by molar-refractivity contribution is -0.138. The quantitative estimate of drug-likeness (QED) is 0.727. The summed E-state index contributed by atoms with van der Waals surface area (Å²) in [6, 6.07) is 4.59. The lowest BCUT2D eigenvalue weighted by Gasteiger charge is -2.20. The first-order valence-corrected chi connectivity index (χ1v) is 9.95. The van der Waals surface area contributed by atoms with Gasteiger partial charge in [-0.2, -0.15) is 13.2 Å². The van der Waals surface area contributed by atoms with E-state index in [1.807, 2.05) is 6.92 Å². The predicted octanol–water partition coefficient (Wildman–Crippen LogP) is 5.18. The molecule has 2 aromatic rings. The molecule has 148 valence electrons. The summed E-state index contributed by atoms with van der Waals surface area (Å²) in [5, 5.41) is 0.367. The Morgan fingerprint density at radius 1 is 1.37 bits per heavy atom. The maximum Gasteiger partial charge on any atom is 0.419 e. The topological polar surface area (TPSA) is 51.4 Å². The molecule has 1 saturated heterocycles. The number of alkyl halides is 3. The van der Waals surface area contributed by atoms with Crippen molar-refractivity contribution in [1.29, 1.82) is 0 Å². The Hall–Kier alpha value is -1.80. The number of ether oxygens (including phenoxy) is 1. The SMILES string of the molecule is CCCOc1ccc(-c2nc(N)sc2CN2CCCC2C)cc1C(F)(F)F. The number of nitrogens with zero attached hydrogens (tertiary/aromatic N) is 2. The van der Waals surface area contributed by atoms with Gasteiger partial charge in [-0.15, -0.1) is 11.3 Å². The van der Waals surface area contributed by atoms with Crippen LogP contribution in [-0.2, 0) is 12.7 Å². The molecule has 8 heteroatoms. The molecule has 2 N–H and O–H groups in total. The fraction of sp³-hybridized carbons (Fsp3) is 0.526.